The van der Waals surface area contributed by atoms with E-state index in [1.165, 1.54) is 0 Å². The van der Waals surface area contributed by atoms with Crippen LogP contribution >= 0.6 is 0 Å². The van der Waals surface area contributed by atoms with Gasteiger partial charge in [0.2, 0.25) is 5.88 Å². The van der Waals surface area contributed by atoms with E-state index in [1.54, 1.807) is 0 Å². The monoisotopic (exact) mass is 235 g/mol. The van der Waals surface area contributed by atoms with Crippen LogP contribution in [0.1, 0.15) is 26.7 Å². The Morgan fingerprint density at radius 1 is 1.47 bits per heavy atom. The molecule has 0 saturated heterocycles. The van der Waals surface area contributed by atoms with Gasteiger partial charge in [-0.3, -0.25) is 0 Å². The van der Waals surface area contributed by atoms with Gasteiger partial charge >= 0.3 is 0 Å². The molecule has 1 aromatic heterocycles. The first-order chi connectivity index (χ1) is 8.27. The second-order valence-electron chi connectivity index (χ2n) is 3.72. The fraction of sp³-hybridized carbons (Fsp3) is 0.462. The average Bonchev–Trinajstić information content (AvgIpc) is 2.35. The molecule has 0 spiro atoms. The molecule has 1 heterocycles. The summed E-state index contributed by atoms with van der Waals surface area (Å²) in [5.41, 5.74) is 6.36. The third kappa shape index (κ3) is 4.76. The van der Waals surface area contributed by atoms with Crippen LogP contribution in [0.25, 0.3) is 0 Å². The summed E-state index contributed by atoms with van der Waals surface area (Å²) in [6.07, 6.45) is 6.07. The molecule has 3 N–H and O–H groups in total. The van der Waals surface area contributed by atoms with Gasteiger partial charge in [-0.2, -0.15) is 4.98 Å². The Bertz CT molecular complexity index is 364. The molecule has 0 atom stereocenters. The summed E-state index contributed by atoms with van der Waals surface area (Å²) in [6, 6.07) is 3.68. The summed E-state index contributed by atoms with van der Waals surface area (Å²) in [7, 11) is 0. The lowest BCUT2D eigenvalue weighted by Crippen LogP contribution is -2.06. The zero-order chi connectivity index (χ0) is 12.5. The molecule has 0 aliphatic rings. The highest BCUT2D eigenvalue weighted by Crippen LogP contribution is 2.20. The van der Waals surface area contributed by atoms with Gasteiger partial charge in [0.05, 0.1) is 12.3 Å². The molecule has 17 heavy (non-hydrogen) atoms. The molecule has 0 radical (unpaired) electrons. The van der Waals surface area contributed by atoms with E-state index in [4.69, 9.17) is 10.5 Å². The molecule has 0 saturated carbocycles. The van der Waals surface area contributed by atoms with Crippen molar-refractivity contribution in [2.24, 2.45) is 0 Å². The number of allylic oxidation sites excluding steroid dienone is 1. The van der Waals surface area contributed by atoms with Crippen molar-refractivity contribution in [3.63, 3.8) is 0 Å². The van der Waals surface area contributed by atoms with Crippen LogP contribution in [-0.2, 0) is 0 Å². The number of hydrogen-bond donors (Lipinski definition) is 2. The van der Waals surface area contributed by atoms with Gasteiger partial charge in [0, 0.05) is 6.54 Å². The van der Waals surface area contributed by atoms with Crippen LogP contribution < -0.4 is 15.8 Å². The van der Waals surface area contributed by atoms with Crippen molar-refractivity contribution < 1.29 is 4.74 Å². The van der Waals surface area contributed by atoms with Gasteiger partial charge < -0.3 is 15.8 Å². The number of nitrogen functional groups attached to an aromatic ring is 1. The SMILES string of the molecule is C/C=C/CCNc1ccc(N)c(OCCC)n1. The summed E-state index contributed by atoms with van der Waals surface area (Å²) in [5, 5.41) is 3.23. The lowest BCUT2D eigenvalue weighted by Gasteiger charge is -2.09. The number of aromatic nitrogens is 1. The standard InChI is InChI=1S/C13H21N3O/c1-3-5-6-9-15-12-8-7-11(14)13(16-12)17-10-4-2/h3,5,7-8H,4,6,9-10,14H2,1-2H3,(H,15,16)/b5-3+. The van der Waals surface area contributed by atoms with Crippen LogP contribution in [0.3, 0.4) is 0 Å². The topological polar surface area (TPSA) is 60.2 Å². The molecule has 0 unspecified atom stereocenters. The van der Waals surface area contributed by atoms with Crippen LogP contribution in [0.4, 0.5) is 11.5 Å². The number of nitrogens with zero attached hydrogens (tertiary/aromatic N) is 1. The molecule has 1 aromatic rings. The Labute approximate surface area is 103 Å². The summed E-state index contributed by atoms with van der Waals surface area (Å²) >= 11 is 0. The quantitative estimate of drug-likeness (QED) is 0.563. The van der Waals surface area contributed by atoms with Crippen LogP contribution in [0.2, 0.25) is 0 Å². The lowest BCUT2D eigenvalue weighted by molar-refractivity contribution is 0.307. The molecule has 0 bridgehead atoms. The molecule has 1 rings (SSSR count). The molecule has 0 aliphatic heterocycles. The third-order valence-corrected chi connectivity index (χ3v) is 2.19. The van der Waals surface area contributed by atoms with E-state index in [-0.39, 0.29) is 0 Å². The number of ether oxygens (including phenoxy) is 1. The van der Waals surface area contributed by atoms with Crippen LogP contribution in [0, 0.1) is 0 Å². The van der Waals surface area contributed by atoms with E-state index in [9.17, 15) is 0 Å². The number of pyridine rings is 1. The molecule has 4 heteroatoms. The van der Waals surface area contributed by atoms with Crippen molar-refractivity contribution in [2.45, 2.75) is 26.7 Å². The largest absolute Gasteiger partial charge is 0.476 e. The van der Waals surface area contributed by atoms with Crippen molar-refractivity contribution in [2.75, 3.05) is 24.2 Å². The predicted molar refractivity (Wildman–Crippen MR) is 72.4 cm³/mol. The van der Waals surface area contributed by atoms with E-state index < -0.39 is 0 Å². The van der Waals surface area contributed by atoms with Crippen molar-refractivity contribution >= 4 is 11.5 Å². The average molecular weight is 235 g/mol. The Kier molecular flexibility index (Phi) is 5.93. The fourth-order valence-corrected chi connectivity index (χ4v) is 1.31. The molecule has 0 aromatic carbocycles. The number of rotatable bonds is 7. The minimum absolute atomic E-state index is 0.517. The van der Waals surface area contributed by atoms with E-state index in [0.717, 1.165) is 25.2 Å². The van der Waals surface area contributed by atoms with Crippen molar-refractivity contribution in [3.05, 3.63) is 24.3 Å². The minimum Gasteiger partial charge on any atom is -0.476 e. The van der Waals surface area contributed by atoms with Crippen LogP contribution in [-0.4, -0.2) is 18.1 Å². The normalized spacial score (nSPS) is 10.7. The predicted octanol–water partition coefficient (Wildman–Crippen LogP) is 2.83. The van der Waals surface area contributed by atoms with Crippen molar-refractivity contribution in [1.82, 2.24) is 4.98 Å². The third-order valence-electron chi connectivity index (χ3n) is 2.19. The van der Waals surface area contributed by atoms with Gasteiger partial charge in [-0.1, -0.05) is 19.1 Å². The first-order valence-electron chi connectivity index (χ1n) is 6.02. The van der Waals surface area contributed by atoms with Gasteiger partial charge in [0.25, 0.3) is 0 Å². The van der Waals surface area contributed by atoms with Gasteiger partial charge in [-0.05, 0) is 31.9 Å². The van der Waals surface area contributed by atoms with E-state index in [0.29, 0.717) is 18.2 Å². The maximum Gasteiger partial charge on any atom is 0.239 e. The minimum atomic E-state index is 0.517. The number of nitrogens with two attached hydrogens (primary N) is 1. The highest BCUT2D eigenvalue weighted by molar-refractivity contribution is 5.53. The number of hydrogen-bond acceptors (Lipinski definition) is 4. The van der Waals surface area contributed by atoms with Crippen LogP contribution in [0.15, 0.2) is 24.3 Å². The maximum atomic E-state index is 5.78. The van der Waals surface area contributed by atoms with E-state index in [1.807, 2.05) is 25.1 Å². The van der Waals surface area contributed by atoms with Gasteiger partial charge in [-0.15, -0.1) is 0 Å². The lowest BCUT2D eigenvalue weighted by atomic mass is 10.3. The second kappa shape index (κ2) is 7.54. The summed E-state index contributed by atoms with van der Waals surface area (Å²) in [4.78, 5) is 4.33. The van der Waals surface area contributed by atoms with Crippen molar-refractivity contribution in [1.29, 1.82) is 0 Å². The smallest absolute Gasteiger partial charge is 0.239 e. The highest BCUT2D eigenvalue weighted by atomic mass is 16.5. The Morgan fingerprint density at radius 3 is 3.00 bits per heavy atom. The molecule has 0 aliphatic carbocycles. The number of anilines is 2. The highest BCUT2D eigenvalue weighted by Gasteiger charge is 2.03. The first kappa shape index (κ1) is 13.4. The molecular formula is C13H21N3O. The Balaban J connectivity index is 2.54. The Hall–Kier alpha value is -1.71. The van der Waals surface area contributed by atoms with E-state index >= 15 is 0 Å². The number of nitrogens with one attached hydrogen (secondary N) is 1. The summed E-state index contributed by atoms with van der Waals surface area (Å²) < 4.78 is 5.46. The fourth-order valence-electron chi connectivity index (χ4n) is 1.31. The van der Waals surface area contributed by atoms with Crippen LogP contribution in [0.5, 0.6) is 5.88 Å². The molecule has 4 nitrogen and oxygen atoms in total. The van der Waals surface area contributed by atoms with Gasteiger partial charge in [0.1, 0.15) is 5.82 Å². The van der Waals surface area contributed by atoms with Gasteiger partial charge in [0.15, 0.2) is 0 Å². The summed E-state index contributed by atoms with van der Waals surface area (Å²) in [6.45, 7) is 5.56. The first-order valence-corrected chi connectivity index (χ1v) is 6.02. The Morgan fingerprint density at radius 2 is 2.29 bits per heavy atom. The maximum absolute atomic E-state index is 5.78. The molecule has 0 amide bonds. The summed E-state index contributed by atoms with van der Waals surface area (Å²) in [5.74, 6) is 1.32. The van der Waals surface area contributed by atoms with E-state index in [2.05, 4.69) is 23.3 Å². The molecule has 0 fully saturated rings. The van der Waals surface area contributed by atoms with Gasteiger partial charge in [-0.25, -0.2) is 0 Å². The zero-order valence-corrected chi connectivity index (χ0v) is 10.6. The molecular weight excluding hydrogens is 214 g/mol. The zero-order valence-electron chi connectivity index (χ0n) is 10.6. The molecule has 94 valence electrons. The van der Waals surface area contributed by atoms with Crippen molar-refractivity contribution in [3.8, 4) is 5.88 Å². The second-order valence-corrected chi connectivity index (χ2v) is 3.72.